The predicted octanol–water partition coefficient (Wildman–Crippen LogP) is 0.623. The van der Waals surface area contributed by atoms with Crippen molar-refractivity contribution in [3.05, 3.63) is 17.6 Å². The Bertz CT molecular complexity index is 669. The van der Waals surface area contributed by atoms with E-state index in [0.717, 1.165) is 4.52 Å². The molecule has 3 N–H and O–H groups in total. The maximum Gasteiger partial charge on any atom is 0.451 e. The van der Waals surface area contributed by atoms with E-state index < -0.39 is 17.9 Å². The number of anilines is 1. The molecule has 21 heavy (non-hydrogen) atoms. The molecule has 11 heteroatoms. The number of aromatic nitrogens is 4. The molecule has 0 fully saturated rings. The number of nitrogens with zero attached hydrogens (tertiary/aromatic N) is 4. The molecule has 2 rings (SSSR count). The van der Waals surface area contributed by atoms with Crippen molar-refractivity contribution in [3.8, 4) is 0 Å². The summed E-state index contributed by atoms with van der Waals surface area (Å²) in [5.74, 6) is -2.08. The standard InChI is InChI=1S/C10H11F3N6O2/c1-14-9-17-8(10(11,12)13)16-7-5(4-15-19(7)9)2-3-6(20)18-21/h4,21H,2-3H2,1H3,(H,18,20)(H,14,16,17). The summed E-state index contributed by atoms with van der Waals surface area (Å²) >= 11 is 0. The van der Waals surface area contributed by atoms with Crippen LogP contribution in [0.3, 0.4) is 0 Å². The highest BCUT2D eigenvalue weighted by Crippen LogP contribution is 2.28. The lowest BCUT2D eigenvalue weighted by Crippen LogP contribution is -2.19. The number of aryl methyl sites for hydroxylation is 1. The summed E-state index contributed by atoms with van der Waals surface area (Å²) in [6.07, 6.45) is -3.43. The lowest BCUT2D eigenvalue weighted by atomic mass is 10.2. The lowest BCUT2D eigenvalue weighted by molar-refractivity contribution is -0.144. The van der Waals surface area contributed by atoms with Gasteiger partial charge in [0.25, 0.3) is 0 Å². The van der Waals surface area contributed by atoms with Gasteiger partial charge in [-0.3, -0.25) is 10.0 Å². The minimum absolute atomic E-state index is 0.0487. The third kappa shape index (κ3) is 3.02. The van der Waals surface area contributed by atoms with Gasteiger partial charge >= 0.3 is 6.18 Å². The Morgan fingerprint density at radius 1 is 1.43 bits per heavy atom. The van der Waals surface area contributed by atoms with Crippen molar-refractivity contribution in [2.24, 2.45) is 0 Å². The minimum atomic E-state index is -4.70. The fourth-order valence-corrected chi connectivity index (χ4v) is 1.69. The van der Waals surface area contributed by atoms with Gasteiger partial charge in [0.15, 0.2) is 5.65 Å². The number of amides is 1. The monoisotopic (exact) mass is 304 g/mol. The summed E-state index contributed by atoms with van der Waals surface area (Å²) in [4.78, 5) is 17.8. The zero-order valence-corrected chi connectivity index (χ0v) is 10.8. The van der Waals surface area contributed by atoms with Gasteiger partial charge in [-0.2, -0.15) is 27.8 Å². The lowest BCUT2D eigenvalue weighted by Gasteiger charge is -2.09. The first-order valence-corrected chi connectivity index (χ1v) is 5.79. The Hall–Kier alpha value is -2.43. The van der Waals surface area contributed by atoms with Gasteiger partial charge in [0.2, 0.25) is 17.7 Å². The van der Waals surface area contributed by atoms with Crippen molar-refractivity contribution in [2.75, 3.05) is 12.4 Å². The van der Waals surface area contributed by atoms with Crippen LogP contribution in [-0.2, 0) is 17.4 Å². The number of carbonyl (C=O) groups excluding carboxylic acids is 1. The normalized spacial score (nSPS) is 11.7. The van der Waals surface area contributed by atoms with Crippen LogP contribution >= 0.6 is 0 Å². The SMILES string of the molecule is CNc1nc(C(F)(F)F)nc2c(CCC(=O)NO)cnn12. The van der Waals surface area contributed by atoms with E-state index in [0.29, 0.717) is 5.56 Å². The first-order chi connectivity index (χ1) is 9.86. The highest BCUT2D eigenvalue weighted by molar-refractivity contribution is 5.75. The molecule has 2 heterocycles. The third-order valence-corrected chi connectivity index (χ3v) is 2.66. The Morgan fingerprint density at radius 2 is 2.14 bits per heavy atom. The number of rotatable bonds is 4. The molecule has 0 saturated carbocycles. The topological polar surface area (TPSA) is 104 Å². The van der Waals surface area contributed by atoms with Gasteiger partial charge in [0, 0.05) is 19.0 Å². The van der Waals surface area contributed by atoms with Crippen molar-refractivity contribution in [1.29, 1.82) is 0 Å². The van der Waals surface area contributed by atoms with Crippen LogP contribution in [0.4, 0.5) is 19.1 Å². The largest absolute Gasteiger partial charge is 0.451 e. The van der Waals surface area contributed by atoms with Gasteiger partial charge in [-0.25, -0.2) is 10.5 Å². The summed E-state index contributed by atoms with van der Waals surface area (Å²) < 4.78 is 39.4. The summed E-state index contributed by atoms with van der Waals surface area (Å²) in [6.45, 7) is 0. The Morgan fingerprint density at radius 3 is 2.71 bits per heavy atom. The average Bonchev–Trinajstić information content (AvgIpc) is 2.85. The van der Waals surface area contributed by atoms with Crippen LogP contribution in [0.25, 0.3) is 5.65 Å². The van der Waals surface area contributed by atoms with Crippen molar-refractivity contribution in [1.82, 2.24) is 25.1 Å². The maximum absolute atomic E-state index is 12.8. The molecule has 2 aromatic rings. The smallest absolute Gasteiger partial charge is 0.357 e. The molecule has 0 saturated heterocycles. The van der Waals surface area contributed by atoms with E-state index in [1.807, 2.05) is 0 Å². The second-order valence-electron chi connectivity index (χ2n) is 4.06. The van der Waals surface area contributed by atoms with Crippen LogP contribution in [-0.4, -0.2) is 37.7 Å². The number of nitrogens with one attached hydrogen (secondary N) is 2. The number of halogens is 3. The Balaban J connectivity index is 2.47. The molecular weight excluding hydrogens is 293 g/mol. The van der Waals surface area contributed by atoms with E-state index in [4.69, 9.17) is 5.21 Å². The van der Waals surface area contributed by atoms with E-state index in [1.165, 1.54) is 18.7 Å². The number of alkyl halides is 3. The number of hydroxylamine groups is 1. The van der Waals surface area contributed by atoms with E-state index >= 15 is 0 Å². The molecular formula is C10H11F3N6O2. The third-order valence-electron chi connectivity index (χ3n) is 2.66. The molecule has 0 atom stereocenters. The van der Waals surface area contributed by atoms with E-state index in [1.54, 1.807) is 0 Å². The second kappa shape index (κ2) is 5.52. The van der Waals surface area contributed by atoms with Crippen molar-refractivity contribution >= 4 is 17.5 Å². The molecule has 0 unspecified atom stereocenters. The van der Waals surface area contributed by atoms with Crippen LogP contribution < -0.4 is 10.8 Å². The molecule has 0 aliphatic rings. The summed E-state index contributed by atoms with van der Waals surface area (Å²) in [6, 6.07) is 0. The van der Waals surface area contributed by atoms with Crippen molar-refractivity contribution < 1.29 is 23.2 Å². The Kier molecular flexibility index (Phi) is 3.93. The van der Waals surface area contributed by atoms with Crippen LogP contribution in [0.15, 0.2) is 6.20 Å². The highest BCUT2D eigenvalue weighted by Gasteiger charge is 2.36. The zero-order chi connectivity index (χ0) is 15.6. The molecule has 0 bridgehead atoms. The van der Waals surface area contributed by atoms with E-state index in [9.17, 15) is 18.0 Å². The van der Waals surface area contributed by atoms with Crippen molar-refractivity contribution in [2.45, 2.75) is 19.0 Å². The van der Waals surface area contributed by atoms with Crippen LogP contribution in [0.5, 0.6) is 0 Å². The van der Waals surface area contributed by atoms with Gasteiger partial charge in [0.05, 0.1) is 6.20 Å². The molecule has 0 aliphatic heterocycles. The van der Waals surface area contributed by atoms with Gasteiger partial charge in [-0.1, -0.05) is 0 Å². The van der Waals surface area contributed by atoms with Crippen LogP contribution in [0, 0.1) is 0 Å². The molecule has 1 amide bonds. The molecule has 0 spiro atoms. The average molecular weight is 304 g/mol. The van der Waals surface area contributed by atoms with Gasteiger partial charge in [-0.05, 0) is 6.42 Å². The summed E-state index contributed by atoms with van der Waals surface area (Å²) in [5, 5.41) is 14.8. The summed E-state index contributed by atoms with van der Waals surface area (Å²) in [7, 11) is 1.41. The predicted molar refractivity (Wildman–Crippen MR) is 63.6 cm³/mol. The van der Waals surface area contributed by atoms with E-state index in [2.05, 4.69) is 20.4 Å². The summed E-state index contributed by atoms with van der Waals surface area (Å²) in [5.41, 5.74) is 1.73. The quantitative estimate of drug-likeness (QED) is 0.565. The number of fused-ring (bicyclic) bond motifs is 1. The molecule has 2 aromatic heterocycles. The fourth-order valence-electron chi connectivity index (χ4n) is 1.69. The molecule has 114 valence electrons. The van der Waals surface area contributed by atoms with Crippen LogP contribution in [0.2, 0.25) is 0 Å². The highest BCUT2D eigenvalue weighted by atomic mass is 19.4. The number of hydrogen-bond acceptors (Lipinski definition) is 6. The molecule has 0 aliphatic carbocycles. The number of carbonyl (C=O) groups is 1. The molecule has 8 nitrogen and oxygen atoms in total. The maximum atomic E-state index is 12.8. The first kappa shape index (κ1) is 15.0. The fraction of sp³-hybridized carbons (Fsp3) is 0.400. The van der Waals surface area contributed by atoms with Gasteiger partial charge in [0.1, 0.15) is 0 Å². The molecule has 0 aromatic carbocycles. The zero-order valence-electron chi connectivity index (χ0n) is 10.8. The van der Waals surface area contributed by atoms with Gasteiger partial charge in [-0.15, -0.1) is 0 Å². The second-order valence-corrected chi connectivity index (χ2v) is 4.06. The number of hydrogen-bond donors (Lipinski definition) is 3. The molecule has 0 radical (unpaired) electrons. The first-order valence-electron chi connectivity index (χ1n) is 5.79. The Labute approximate surface area is 116 Å². The van der Waals surface area contributed by atoms with Crippen molar-refractivity contribution in [3.63, 3.8) is 0 Å². The minimum Gasteiger partial charge on any atom is -0.357 e. The van der Waals surface area contributed by atoms with Gasteiger partial charge < -0.3 is 5.32 Å². The van der Waals surface area contributed by atoms with Crippen LogP contribution in [0.1, 0.15) is 17.8 Å². The van der Waals surface area contributed by atoms with E-state index in [-0.39, 0.29) is 24.4 Å².